The van der Waals surface area contributed by atoms with Crippen molar-refractivity contribution in [3.05, 3.63) is 57.7 Å². The molecule has 0 aliphatic heterocycles. The van der Waals surface area contributed by atoms with Crippen LogP contribution in [0.5, 0.6) is 0 Å². The molecule has 0 saturated carbocycles. The van der Waals surface area contributed by atoms with E-state index >= 15 is 0 Å². The minimum Gasteiger partial charge on any atom is -0.365 e. The Kier molecular flexibility index (Phi) is 6.09. The topological polar surface area (TPSA) is 133 Å². The van der Waals surface area contributed by atoms with Crippen molar-refractivity contribution in [2.75, 3.05) is 5.32 Å². The number of pyridine rings is 1. The van der Waals surface area contributed by atoms with Crippen LogP contribution in [-0.2, 0) is 19.4 Å². The lowest BCUT2D eigenvalue weighted by atomic mass is 10.0. The highest BCUT2D eigenvalue weighted by molar-refractivity contribution is 7.21. The lowest BCUT2D eigenvalue weighted by Crippen LogP contribution is -2.18. The Balaban J connectivity index is 1.72. The van der Waals surface area contributed by atoms with Gasteiger partial charge in [0.2, 0.25) is 0 Å². The molecule has 0 saturated heterocycles. The van der Waals surface area contributed by atoms with Gasteiger partial charge >= 0.3 is 12.4 Å². The van der Waals surface area contributed by atoms with Gasteiger partial charge in [0.1, 0.15) is 21.1 Å². The third kappa shape index (κ3) is 4.51. The van der Waals surface area contributed by atoms with E-state index in [4.69, 9.17) is 5.73 Å². The largest absolute Gasteiger partial charge is 0.433 e. The lowest BCUT2D eigenvalue weighted by Gasteiger charge is -2.12. The number of carbonyl (C=O) groups is 2. The van der Waals surface area contributed by atoms with Crippen molar-refractivity contribution in [2.24, 2.45) is 12.8 Å². The SMILES string of the molecule is Cc1cc(C(F)(F)F)n2nc(C(=O)Nc3c(C(N)=O)sc4nc(C(F)(F)F)cc(-c5cnn(C)c5C)c34)cc2n1. The summed E-state index contributed by atoms with van der Waals surface area (Å²) in [7, 11) is 1.57. The summed E-state index contributed by atoms with van der Waals surface area (Å²) in [6.45, 7) is 2.94. The number of nitrogens with two attached hydrogens (primary N) is 1. The van der Waals surface area contributed by atoms with Gasteiger partial charge in [0, 0.05) is 35.5 Å². The number of aryl methyl sites for hydroxylation is 2. The van der Waals surface area contributed by atoms with Crippen molar-refractivity contribution in [1.82, 2.24) is 29.4 Å². The highest BCUT2D eigenvalue weighted by Crippen LogP contribution is 2.44. The normalized spacial score (nSPS) is 12.4. The quantitative estimate of drug-likeness (QED) is 0.294. The van der Waals surface area contributed by atoms with Gasteiger partial charge in [-0.15, -0.1) is 11.3 Å². The summed E-state index contributed by atoms with van der Waals surface area (Å²) in [5.74, 6) is -2.14. The molecule has 0 fully saturated rings. The molecule has 40 heavy (non-hydrogen) atoms. The van der Waals surface area contributed by atoms with Gasteiger partial charge in [-0.05, 0) is 31.5 Å². The first-order valence-electron chi connectivity index (χ1n) is 11.2. The summed E-state index contributed by atoms with van der Waals surface area (Å²) in [6.07, 6.45) is -8.35. The summed E-state index contributed by atoms with van der Waals surface area (Å²) in [6, 6.07) is 2.51. The Labute approximate surface area is 223 Å². The Hall–Kier alpha value is -4.54. The monoisotopic (exact) mass is 582 g/mol. The Bertz CT molecular complexity index is 1850. The minimum absolute atomic E-state index is 0.0227. The van der Waals surface area contributed by atoms with Crippen molar-refractivity contribution >= 4 is 44.7 Å². The molecule has 5 heterocycles. The molecule has 5 rings (SSSR count). The van der Waals surface area contributed by atoms with Crippen LogP contribution in [0, 0.1) is 13.8 Å². The number of aromatic nitrogens is 6. The smallest absolute Gasteiger partial charge is 0.365 e. The zero-order valence-electron chi connectivity index (χ0n) is 20.6. The van der Waals surface area contributed by atoms with Crippen molar-refractivity contribution in [3.8, 4) is 11.1 Å². The van der Waals surface area contributed by atoms with E-state index in [1.165, 1.54) is 17.8 Å². The van der Waals surface area contributed by atoms with Crippen LogP contribution in [0.1, 0.15) is 42.9 Å². The van der Waals surface area contributed by atoms with Gasteiger partial charge in [0.15, 0.2) is 11.3 Å². The van der Waals surface area contributed by atoms with Crippen LogP contribution >= 0.6 is 11.3 Å². The van der Waals surface area contributed by atoms with Crippen molar-refractivity contribution in [1.29, 1.82) is 0 Å². The fourth-order valence-electron chi connectivity index (χ4n) is 4.10. The number of nitrogens with zero attached hydrogens (tertiary/aromatic N) is 6. The van der Waals surface area contributed by atoms with Gasteiger partial charge in [-0.2, -0.15) is 36.5 Å². The van der Waals surface area contributed by atoms with E-state index in [1.54, 1.807) is 14.0 Å². The number of amides is 2. The molecule has 5 aromatic rings. The van der Waals surface area contributed by atoms with Crippen LogP contribution in [0.4, 0.5) is 32.0 Å². The second kappa shape index (κ2) is 9.00. The number of primary amides is 1. The highest BCUT2D eigenvalue weighted by atomic mass is 32.1. The van der Waals surface area contributed by atoms with Gasteiger partial charge in [0.05, 0.1) is 11.9 Å². The summed E-state index contributed by atoms with van der Waals surface area (Å²) in [5, 5.41) is 10.1. The number of carbonyl (C=O) groups excluding carboxylic acids is 2. The van der Waals surface area contributed by atoms with Crippen LogP contribution in [0.25, 0.3) is 27.0 Å². The predicted molar refractivity (Wildman–Crippen MR) is 131 cm³/mol. The van der Waals surface area contributed by atoms with E-state index in [2.05, 4.69) is 25.5 Å². The molecular weight excluding hydrogens is 566 g/mol. The third-order valence-corrected chi connectivity index (χ3v) is 7.12. The van der Waals surface area contributed by atoms with Crippen molar-refractivity contribution in [2.45, 2.75) is 26.2 Å². The zero-order chi connectivity index (χ0) is 29.3. The predicted octanol–water partition coefficient (Wildman–Crippen LogP) is 4.75. The molecule has 3 N–H and O–H groups in total. The van der Waals surface area contributed by atoms with Gasteiger partial charge in [-0.25, -0.2) is 14.5 Å². The first kappa shape index (κ1) is 27.0. The summed E-state index contributed by atoms with van der Waals surface area (Å²) in [5.41, 5.74) is 2.71. The number of thiophene rings is 1. The van der Waals surface area contributed by atoms with Gasteiger partial charge < -0.3 is 11.1 Å². The van der Waals surface area contributed by atoms with E-state index < -0.39 is 41.2 Å². The molecule has 208 valence electrons. The van der Waals surface area contributed by atoms with Crippen LogP contribution in [0.3, 0.4) is 0 Å². The number of fused-ring (bicyclic) bond motifs is 2. The number of hydrogen-bond donors (Lipinski definition) is 2. The average Bonchev–Trinajstić information content (AvgIpc) is 3.52. The fraction of sp³-hybridized carbons (Fsp3) is 0.217. The first-order valence-corrected chi connectivity index (χ1v) is 12.0. The molecule has 0 aliphatic carbocycles. The van der Waals surface area contributed by atoms with Crippen molar-refractivity contribution < 1.29 is 35.9 Å². The summed E-state index contributed by atoms with van der Waals surface area (Å²) in [4.78, 5) is 32.6. The third-order valence-electron chi connectivity index (χ3n) is 6.02. The van der Waals surface area contributed by atoms with E-state index in [-0.39, 0.29) is 43.2 Å². The average molecular weight is 582 g/mol. The van der Waals surface area contributed by atoms with Gasteiger partial charge in [-0.1, -0.05) is 0 Å². The molecule has 0 aromatic carbocycles. The molecule has 0 aliphatic rings. The molecule has 0 unspecified atom stereocenters. The maximum Gasteiger partial charge on any atom is 0.433 e. The molecule has 0 bridgehead atoms. The van der Waals surface area contributed by atoms with Crippen LogP contribution in [-0.4, -0.2) is 41.2 Å². The molecule has 0 spiro atoms. The number of halogens is 6. The molecule has 2 amide bonds. The van der Waals surface area contributed by atoms with E-state index in [0.29, 0.717) is 21.5 Å². The van der Waals surface area contributed by atoms with E-state index in [1.807, 2.05) is 0 Å². The molecule has 5 aromatic heterocycles. The summed E-state index contributed by atoms with van der Waals surface area (Å²) < 4.78 is 83.7. The number of nitrogens with one attached hydrogen (secondary N) is 1. The minimum atomic E-state index is -4.85. The Morgan fingerprint density at radius 1 is 1.00 bits per heavy atom. The van der Waals surface area contributed by atoms with Crippen LogP contribution in [0.2, 0.25) is 0 Å². The van der Waals surface area contributed by atoms with Crippen LogP contribution in [0.15, 0.2) is 24.4 Å². The molecule has 0 radical (unpaired) electrons. The zero-order valence-corrected chi connectivity index (χ0v) is 21.4. The maximum atomic E-state index is 13.7. The van der Waals surface area contributed by atoms with Crippen molar-refractivity contribution in [3.63, 3.8) is 0 Å². The van der Waals surface area contributed by atoms with E-state index in [0.717, 1.165) is 18.2 Å². The number of anilines is 1. The van der Waals surface area contributed by atoms with Crippen LogP contribution < -0.4 is 11.1 Å². The highest BCUT2D eigenvalue weighted by Gasteiger charge is 2.37. The first-order chi connectivity index (χ1) is 18.6. The second-order valence-electron chi connectivity index (χ2n) is 8.70. The molecular formula is C23H16F6N8O2S. The molecule has 0 atom stereocenters. The maximum absolute atomic E-state index is 13.7. The Morgan fingerprint density at radius 3 is 2.27 bits per heavy atom. The van der Waals surface area contributed by atoms with Gasteiger partial charge in [0.25, 0.3) is 11.8 Å². The molecule has 17 heteroatoms. The number of alkyl halides is 6. The molecule has 10 nitrogen and oxygen atoms in total. The lowest BCUT2D eigenvalue weighted by molar-refractivity contribution is -0.143. The fourth-order valence-corrected chi connectivity index (χ4v) is 5.11. The standard InChI is InChI=1S/C23H16F6N8O2S/c1-8-4-14(23(27,28)29)37-15(32-8)6-12(35-37)20(39)34-17-16-10(11-7-31-36(3)9(11)2)5-13(22(24,25)26)33-21(16)40-18(17)19(30)38/h4-7H,1-3H3,(H2,30,38)(H,34,39). The Morgan fingerprint density at radius 2 is 1.70 bits per heavy atom. The van der Waals surface area contributed by atoms with Gasteiger partial charge in [-0.3, -0.25) is 14.3 Å². The van der Waals surface area contributed by atoms with E-state index in [9.17, 15) is 35.9 Å². The number of rotatable bonds is 4. The second-order valence-corrected chi connectivity index (χ2v) is 9.70. The number of hydrogen-bond acceptors (Lipinski definition) is 7. The summed E-state index contributed by atoms with van der Waals surface area (Å²) >= 11 is 0.519.